The zero-order valence-corrected chi connectivity index (χ0v) is 13.9. The van der Waals surface area contributed by atoms with Crippen LogP contribution < -0.4 is 5.32 Å². The molecule has 1 aliphatic heterocycles. The summed E-state index contributed by atoms with van der Waals surface area (Å²) < 4.78 is 0. The van der Waals surface area contributed by atoms with Crippen LogP contribution >= 0.6 is 0 Å². The van der Waals surface area contributed by atoms with E-state index in [1.807, 2.05) is 0 Å². The van der Waals surface area contributed by atoms with Crippen LogP contribution in [0.15, 0.2) is 30.3 Å². The van der Waals surface area contributed by atoms with E-state index < -0.39 is 0 Å². The molecule has 2 fully saturated rings. The Morgan fingerprint density at radius 3 is 2.33 bits per heavy atom. The third-order valence-electron chi connectivity index (χ3n) is 5.52. The molecule has 21 heavy (non-hydrogen) atoms. The second-order valence-electron chi connectivity index (χ2n) is 7.80. The molecule has 0 spiro atoms. The van der Waals surface area contributed by atoms with Gasteiger partial charge < -0.3 is 5.32 Å². The average Bonchev–Trinajstić information content (AvgIpc) is 2.52. The van der Waals surface area contributed by atoms with E-state index in [0.717, 1.165) is 19.1 Å². The molecule has 3 rings (SSSR count). The largest absolute Gasteiger partial charge is 0.308 e. The maximum absolute atomic E-state index is 3.77. The highest BCUT2D eigenvalue weighted by atomic mass is 15.3. The van der Waals surface area contributed by atoms with E-state index in [1.54, 1.807) is 0 Å². The van der Waals surface area contributed by atoms with Gasteiger partial charge in [-0.25, -0.2) is 0 Å². The monoisotopic (exact) mass is 286 g/mol. The summed E-state index contributed by atoms with van der Waals surface area (Å²) >= 11 is 0. The molecule has 2 heteroatoms. The van der Waals surface area contributed by atoms with Crippen molar-refractivity contribution >= 4 is 0 Å². The Morgan fingerprint density at radius 2 is 1.67 bits per heavy atom. The second kappa shape index (κ2) is 5.73. The van der Waals surface area contributed by atoms with E-state index in [-0.39, 0.29) is 11.1 Å². The van der Waals surface area contributed by atoms with Crippen molar-refractivity contribution in [2.24, 2.45) is 0 Å². The van der Waals surface area contributed by atoms with Gasteiger partial charge in [-0.05, 0) is 39.2 Å². The molecule has 0 radical (unpaired) electrons. The number of hydrogen-bond donors (Lipinski definition) is 1. The molecule has 0 bridgehead atoms. The molecule has 2 aliphatic rings. The van der Waals surface area contributed by atoms with Crippen molar-refractivity contribution in [3.8, 4) is 0 Å². The van der Waals surface area contributed by atoms with Gasteiger partial charge in [0.2, 0.25) is 0 Å². The third-order valence-corrected chi connectivity index (χ3v) is 5.52. The van der Waals surface area contributed by atoms with Crippen LogP contribution in [-0.4, -0.2) is 29.6 Å². The predicted molar refractivity (Wildman–Crippen MR) is 89.5 cm³/mol. The van der Waals surface area contributed by atoms with Crippen molar-refractivity contribution in [1.29, 1.82) is 0 Å². The summed E-state index contributed by atoms with van der Waals surface area (Å²) in [4.78, 5) is 2.82. The molecule has 1 saturated carbocycles. The first-order valence-corrected chi connectivity index (χ1v) is 8.59. The van der Waals surface area contributed by atoms with Crippen molar-refractivity contribution in [3.05, 3.63) is 35.9 Å². The van der Waals surface area contributed by atoms with Crippen LogP contribution in [0.3, 0.4) is 0 Å². The standard InChI is InChI=1S/C19H30N2/c1-18(2)15-21(17-12-8-5-9-13-17)19(3,14-20-18)16-10-6-4-7-11-16/h4,6-7,10-11,17,20H,5,8-9,12-15H2,1-3H3. The summed E-state index contributed by atoms with van der Waals surface area (Å²) in [5.41, 5.74) is 1.79. The predicted octanol–water partition coefficient (Wildman–Crippen LogP) is 3.92. The van der Waals surface area contributed by atoms with Crippen molar-refractivity contribution < 1.29 is 0 Å². The van der Waals surface area contributed by atoms with E-state index in [2.05, 4.69) is 61.3 Å². The molecular weight excluding hydrogens is 256 g/mol. The van der Waals surface area contributed by atoms with Gasteiger partial charge in [0.15, 0.2) is 0 Å². The SMILES string of the molecule is CC1(C)CN(C2CCCCC2)C(C)(c2ccccc2)CN1. The van der Waals surface area contributed by atoms with Gasteiger partial charge in [-0.2, -0.15) is 0 Å². The number of nitrogens with one attached hydrogen (secondary N) is 1. The Hall–Kier alpha value is -0.860. The lowest BCUT2D eigenvalue weighted by Gasteiger charge is -2.55. The van der Waals surface area contributed by atoms with Crippen LogP contribution in [0.2, 0.25) is 0 Å². The molecule has 116 valence electrons. The summed E-state index contributed by atoms with van der Waals surface area (Å²) in [6, 6.07) is 11.8. The third kappa shape index (κ3) is 3.02. The van der Waals surface area contributed by atoms with Crippen LogP contribution in [0.1, 0.15) is 58.4 Å². The first-order valence-electron chi connectivity index (χ1n) is 8.59. The molecule has 0 amide bonds. The highest BCUT2D eigenvalue weighted by Crippen LogP contribution is 2.38. The minimum atomic E-state index is 0.124. The fraction of sp³-hybridized carbons (Fsp3) is 0.684. The number of piperazine rings is 1. The summed E-state index contributed by atoms with van der Waals surface area (Å²) in [7, 11) is 0. The second-order valence-corrected chi connectivity index (χ2v) is 7.80. The normalized spacial score (nSPS) is 31.2. The number of benzene rings is 1. The lowest BCUT2D eigenvalue weighted by Crippen LogP contribution is -2.67. The summed E-state index contributed by atoms with van der Waals surface area (Å²) in [6.45, 7) is 9.30. The molecule has 2 nitrogen and oxygen atoms in total. The van der Waals surface area contributed by atoms with Gasteiger partial charge in [-0.3, -0.25) is 4.90 Å². The fourth-order valence-electron chi connectivity index (χ4n) is 4.16. The molecule has 1 N–H and O–H groups in total. The van der Waals surface area contributed by atoms with E-state index >= 15 is 0 Å². The van der Waals surface area contributed by atoms with Crippen molar-refractivity contribution in [2.45, 2.75) is 70.0 Å². The van der Waals surface area contributed by atoms with Gasteiger partial charge in [0, 0.05) is 24.7 Å². The van der Waals surface area contributed by atoms with Crippen molar-refractivity contribution in [3.63, 3.8) is 0 Å². The van der Waals surface area contributed by atoms with Crippen LogP contribution in [0.5, 0.6) is 0 Å². The van der Waals surface area contributed by atoms with E-state index in [1.165, 1.54) is 37.7 Å². The number of nitrogens with zero attached hydrogens (tertiary/aromatic N) is 1. The Kier molecular flexibility index (Phi) is 4.11. The molecule has 1 atom stereocenters. The molecule has 1 aromatic rings. The van der Waals surface area contributed by atoms with Gasteiger partial charge in [-0.1, -0.05) is 49.6 Å². The minimum Gasteiger partial charge on any atom is -0.308 e. The first-order chi connectivity index (χ1) is 10.0. The molecule has 1 aromatic carbocycles. The Labute approximate surface area is 129 Å². The molecule has 1 saturated heterocycles. The van der Waals surface area contributed by atoms with Crippen molar-refractivity contribution in [2.75, 3.05) is 13.1 Å². The highest BCUT2D eigenvalue weighted by molar-refractivity contribution is 5.26. The fourth-order valence-corrected chi connectivity index (χ4v) is 4.16. The maximum Gasteiger partial charge on any atom is 0.0560 e. The molecule has 1 unspecified atom stereocenters. The summed E-state index contributed by atoms with van der Waals surface area (Å²) in [6.07, 6.45) is 6.98. The van der Waals surface area contributed by atoms with Gasteiger partial charge in [-0.15, -0.1) is 0 Å². The zero-order chi connectivity index (χ0) is 14.9. The van der Waals surface area contributed by atoms with E-state index in [4.69, 9.17) is 0 Å². The molecular formula is C19H30N2. The molecule has 0 aromatic heterocycles. The van der Waals surface area contributed by atoms with Crippen LogP contribution in [0.25, 0.3) is 0 Å². The lowest BCUT2D eigenvalue weighted by atomic mass is 9.80. The first kappa shape index (κ1) is 15.1. The van der Waals surface area contributed by atoms with Crippen LogP contribution in [0.4, 0.5) is 0 Å². The highest BCUT2D eigenvalue weighted by Gasteiger charge is 2.44. The Bertz CT molecular complexity index is 462. The average molecular weight is 286 g/mol. The number of rotatable bonds is 2. The Balaban J connectivity index is 1.92. The minimum absolute atomic E-state index is 0.124. The van der Waals surface area contributed by atoms with Gasteiger partial charge in [0.25, 0.3) is 0 Å². The number of hydrogen-bond acceptors (Lipinski definition) is 2. The smallest absolute Gasteiger partial charge is 0.0560 e. The van der Waals surface area contributed by atoms with Gasteiger partial charge in [0.1, 0.15) is 0 Å². The van der Waals surface area contributed by atoms with Gasteiger partial charge in [0.05, 0.1) is 5.54 Å². The van der Waals surface area contributed by atoms with Crippen LogP contribution in [-0.2, 0) is 5.54 Å². The van der Waals surface area contributed by atoms with Gasteiger partial charge >= 0.3 is 0 Å². The van der Waals surface area contributed by atoms with Crippen LogP contribution in [0, 0.1) is 0 Å². The summed E-state index contributed by atoms with van der Waals surface area (Å²) in [5.74, 6) is 0. The summed E-state index contributed by atoms with van der Waals surface area (Å²) in [5, 5.41) is 3.77. The molecule has 1 aliphatic carbocycles. The van der Waals surface area contributed by atoms with E-state index in [9.17, 15) is 0 Å². The lowest BCUT2D eigenvalue weighted by molar-refractivity contribution is -0.0230. The van der Waals surface area contributed by atoms with E-state index in [0.29, 0.717) is 0 Å². The molecule has 1 heterocycles. The quantitative estimate of drug-likeness (QED) is 0.886. The van der Waals surface area contributed by atoms with Crippen molar-refractivity contribution in [1.82, 2.24) is 10.2 Å². The Morgan fingerprint density at radius 1 is 1.00 bits per heavy atom. The maximum atomic E-state index is 3.77. The topological polar surface area (TPSA) is 15.3 Å². The zero-order valence-electron chi connectivity index (χ0n) is 13.9.